The van der Waals surface area contributed by atoms with Crippen molar-refractivity contribution in [3.63, 3.8) is 0 Å². The van der Waals surface area contributed by atoms with Gasteiger partial charge in [-0.1, -0.05) is 17.7 Å². The lowest BCUT2D eigenvalue weighted by molar-refractivity contribution is 0.101. The first kappa shape index (κ1) is 14.3. The van der Waals surface area contributed by atoms with Crippen LogP contribution in [0.5, 0.6) is 0 Å². The summed E-state index contributed by atoms with van der Waals surface area (Å²) in [6.07, 6.45) is 1.64. The Morgan fingerprint density at radius 2 is 1.95 bits per heavy atom. The third kappa shape index (κ3) is 2.91. The molecule has 0 saturated carbocycles. The molecule has 1 N–H and O–H groups in total. The number of aromatic nitrogens is 1. The van der Waals surface area contributed by atoms with Gasteiger partial charge in [-0.15, -0.1) is 0 Å². The minimum absolute atomic E-state index is 0.0708. The van der Waals surface area contributed by atoms with Crippen LogP contribution in [0.25, 0.3) is 0 Å². The molecule has 104 valence electrons. The van der Waals surface area contributed by atoms with E-state index in [9.17, 15) is 9.59 Å². The highest BCUT2D eigenvalue weighted by Crippen LogP contribution is 2.21. The summed E-state index contributed by atoms with van der Waals surface area (Å²) in [6.45, 7) is 3.36. The molecule has 0 aliphatic carbocycles. The summed E-state index contributed by atoms with van der Waals surface area (Å²) in [5.41, 5.74) is 2.52. The van der Waals surface area contributed by atoms with Gasteiger partial charge in [0.05, 0.1) is 0 Å². The smallest absolute Gasteiger partial charge is 0.272 e. The van der Waals surface area contributed by atoms with Gasteiger partial charge in [-0.3, -0.25) is 9.59 Å². The van der Waals surface area contributed by atoms with Crippen molar-refractivity contribution >= 4 is 29.0 Å². The highest BCUT2D eigenvalue weighted by atomic mass is 35.5. The van der Waals surface area contributed by atoms with Gasteiger partial charge in [-0.25, -0.2) is 0 Å². The maximum absolute atomic E-state index is 12.2. The number of rotatable bonds is 3. The number of carbonyl (C=O) groups excluding carboxylic acids is 2. The fourth-order valence-corrected chi connectivity index (χ4v) is 2.07. The Morgan fingerprint density at radius 3 is 2.55 bits per heavy atom. The SMILES string of the molecule is CC(=O)c1cc(C(=O)Nc2cc(Cl)ccc2C)n(C)c1. The van der Waals surface area contributed by atoms with Crippen molar-refractivity contribution in [3.05, 3.63) is 52.3 Å². The van der Waals surface area contributed by atoms with Crippen LogP contribution in [0.4, 0.5) is 5.69 Å². The van der Waals surface area contributed by atoms with Crippen LogP contribution < -0.4 is 5.32 Å². The molecule has 0 bridgehead atoms. The summed E-state index contributed by atoms with van der Waals surface area (Å²) in [4.78, 5) is 23.6. The summed E-state index contributed by atoms with van der Waals surface area (Å²) >= 11 is 5.92. The van der Waals surface area contributed by atoms with Gasteiger partial charge in [0, 0.05) is 29.5 Å². The molecule has 0 spiro atoms. The Balaban J connectivity index is 2.28. The second-order valence-electron chi connectivity index (χ2n) is 4.69. The Labute approximate surface area is 122 Å². The summed E-state index contributed by atoms with van der Waals surface area (Å²) in [7, 11) is 1.73. The number of carbonyl (C=O) groups is 2. The van der Waals surface area contributed by atoms with Crippen molar-refractivity contribution in [1.82, 2.24) is 4.57 Å². The number of aryl methyl sites for hydroxylation is 2. The van der Waals surface area contributed by atoms with Crippen molar-refractivity contribution in [2.45, 2.75) is 13.8 Å². The van der Waals surface area contributed by atoms with E-state index in [0.717, 1.165) is 5.56 Å². The predicted molar refractivity (Wildman–Crippen MR) is 79.6 cm³/mol. The zero-order valence-electron chi connectivity index (χ0n) is 11.5. The van der Waals surface area contributed by atoms with Gasteiger partial charge in [0.2, 0.25) is 0 Å². The van der Waals surface area contributed by atoms with Crippen LogP contribution in [0.15, 0.2) is 30.5 Å². The van der Waals surface area contributed by atoms with E-state index in [-0.39, 0.29) is 11.7 Å². The molecule has 0 atom stereocenters. The molecular weight excluding hydrogens is 276 g/mol. The number of ketones is 1. The van der Waals surface area contributed by atoms with Crippen molar-refractivity contribution in [1.29, 1.82) is 0 Å². The monoisotopic (exact) mass is 290 g/mol. The molecule has 0 aliphatic rings. The average molecular weight is 291 g/mol. The standard InChI is InChI=1S/C15H15ClN2O2/c1-9-4-5-12(16)7-13(9)17-15(20)14-6-11(10(2)19)8-18(14)3/h4-8H,1-3H3,(H,17,20). The number of benzene rings is 1. The molecule has 2 aromatic rings. The lowest BCUT2D eigenvalue weighted by atomic mass is 10.2. The van der Waals surface area contributed by atoms with Crippen LogP contribution in [0, 0.1) is 6.92 Å². The van der Waals surface area contributed by atoms with Gasteiger partial charge >= 0.3 is 0 Å². The van der Waals surface area contributed by atoms with E-state index >= 15 is 0 Å². The van der Waals surface area contributed by atoms with E-state index in [1.165, 1.54) is 6.92 Å². The van der Waals surface area contributed by atoms with Crippen molar-refractivity contribution < 1.29 is 9.59 Å². The molecule has 5 heteroatoms. The van der Waals surface area contributed by atoms with E-state index in [1.54, 1.807) is 36.0 Å². The third-order valence-electron chi connectivity index (χ3n) is 3.09. The second-order valence-corrected chi connectivity index (χ2v) is 5.13. The van der Waals surface area contributed by atoms with E-state index in [1.807, 2.05) is 13.0 Å². The van der Waals surface area contributed by atoms with Crippen LogP contribution in [0.3, 0.4) is 0 Å². The lowest BCUT2D eigenvalue weighted by Crippen LogP contribution is -2.15. The molecule has 0 aliphatic heterocycles. The lowest BCUT2D eigenvalue weighted by Gasteiger charge is -2.09. The summed E-state index contributed by atoms with van der Waals surface area (Å²) in [5.74, 6) is -0.344. The molecule has 0 saturated heterocycles. The van der Waals surface area contributed by atoms with Gasteiger partial charge in [-0.05, 0) is 37.6 Å². The average Bonchev–Trinajstić information content (AvgIpc) is 2.76. The number of anilines is 1. The van der Waals surface area contributed by atoms with Gasteiger partial charge in [0.25, 0.3) is 5.91 Å². The largest absolute Gasteiger partial charge is 0.346 e. The fourth-order valence-electron chi connectivity index (χ4n) is 1.90. The summed E-state index contributed by atoms with van der Waals surface area (Å²) in [6, 6.07) is 6.88. The highest BCUT2D eigenvalue weighted by Gasteiger charge is 2.14. The molecule has 1 aromatic carbocycles. The number of nitrogens with zero attached hydrogens (tertiary/aromatic N) is 1. The minimum Gasteiger partial charge on any atom is -0.346 e. The number of amides is 1. The van der Waals surface area contributed by atoms with Crippen LogP contribution >= 0.6 is 11.6 Å². The molecule has 4 nitrogen and oxygen atoms in total. The second kappa shape index (κ2) is 5.51. The Hall–Kier alpha value is -2.07. The molecule has 0 fully saturated rings. The molecule has 2 rings (SSSR count). The topological polar surface area (TPSA) is 51.1 Å². The molecule has 1 heterocycles. The van der Waals surface area contributed by atoms with Crippen molar-refractivity contribution in [2.75, 3.05) is 5.32 Å². The molecule has 1 aromatic heterocycles. The number of Topliss-reactive ketones (excluding diaryl/α,β-unsaturated/α-hetero) is 1. The fraction of sp³-hybridized carbons (Fsp3) is 0.200. The molecule has 0 unspecified atom stereocenters. The first-order chi connectivity index (χ1) is 9.38. The zero-order chi connectivity index (χ0) is 14.9. The Bertz CT molecular complexity index is 689. The molecule has 20 heavy (non-hydrogen) atoms. The van der Waals surface area contributed by atoms with Gasteiger partial charge in [0.1, 0.15) is 5.69 Å². The molecule has 1 amide bonds. The third-order valence-corrected chi connectivity index (χ3v) is 3.33. The van der Waals surface area contributed by atoms with Crippen LogP contribution in [-0.4, -0.2) is 16.3 Å². The van der Waals surface area contributed by atoms with E-state index < -0.39 is 0 Å². The van der Waals surface area contributed by atoms with Gasteiger partial charge in [-0.2, -0.15) is 0 Å². The maximum atomic E-state index is 12.2. The normalized spacial score (nSPS) is 10.4. The van der Waals surface area contributed by atoms with Gasteiger partial charge in [0.15, 0.2) is 5.78 Å². The van der Waals surface area contributed by atoms with E-state index in [2.05, 4.69) is 5.32 Å². The van der Waals surface area contributed by atoms with Gasteiger partial charge < -0.3 is 9.88 Å². The number of hydrogen-bond donors (Lipinski definition) is 1. The zero-order valence-corrected chi connectivity index (χ0v) is 12.3. The maximum Gasteiger partial charge on any atom is 0.272 e. The summed E-state index contributed by atoms with van der Waals surface area (Å²) < 4.78 is 1.63. The Morgan fingerprint density at radius 1 is 1.25 bits per heavy atom. The first-order valence-corrected chi connectivity index (χ1v) is 6.51. The van der Waals surface area contributed by atoms with Crippen molar-refractivity contribution in [2.24, 2.45) is 7.05 Å². The first-order valence-electron chi connectivity index (χ1n) is 6.13. The number of hydrogen-bond acceptors (Lipinski definition) is 2. The molecule has 0 radical (unpaired) electrons. The minimum atomic E-state index is -0.273. The highest BCUT2D eigenvalue weighted by molar-refractivity contribution is 6.31. The van der Waals surface area contributed by atoms with Crippen LogP contribution in [0.1, 0.15) is 33.3 Å². The van der Waals surface area contributed by atoms with E-state index in [4.69, 9.17) is 11.6 Å². The van der Waals surface area contributed by atoms with E-state index in [0.29, 0.717) is 22.0 Å². The number of halogens is 1. The van der Waals surface area contributed by atoms with Crippen LogP contribution in [-0.2, 0) is 7.05 Å². The van der Waals surface area contributed by atoms with Crippen LogP contribution in [0.2, 0.25) is 5.02 Å². The number of nitrogens with one attached hydrogen (secondary N) is 1. The predicted octanol–water partition coefficient (Wildman–Crippen LogP) is 3.44. The summed E-state index contributed by atoms with van der Waals surface area (Å²) in [5, 5.41) is 3.36. The quantitative estimate of drug-likeness (QED) is 0.880. The van der Waals surface area contributed by atoms with Crippen molar-refractivity contribution in [3.8, 4) is 0 Å². The molecular formula is C15H15ClN2O2. The Kier molecular flexibility index (Phi) is 3.95.